The average Bonchev–Trinajstić information content (AvgIpc) is 3.34. The van der Waals surface area contributed by atoms with E-state index in [1.165, 1.54) is 11.1 Å². The number of allylic oxidation sites excluding steroid dienone is 1. The Hall–Kier alpha value is -4.19. The van der Waals surface area contributed by atoms with Crippen LogP contribution in [0.5, 0.6) is 0 Å². The molecule has 1 aliphatic heterocycles. The molecule has 182 valence electrons. The Labute approximate surface area is 211 Å². The number of urea groups is 1. The van der Waals surface area contributed by atoms with Gasteiger partial charge in [-0.1, -0.05) is 76.9 Å². The smallest absolute Gasteiger partial charge is 0.322 e. The van der Waals surface area contributed by atoms with Gasteiger partial charge in [-0.25, -0.2) is 4.79 Å². The highest BCUT2D eigenvalue weighted by molar-refractivity contribution is 5.87. The summed E-state index contributed by atoms with van der Waals surface area (Å²) in [6.45, 7) is 10.6. The Morgan fingerprint density at radius 3 is 2.39 bits per heavy atom. The van der Waals surface area contributed by atoms with E-state index in [2.05, 4.69) is 55.5 Å². The molecule has 4 aromatic rings. The summed E-state index contributed by atoms with van der Waals surface area (Å²) in [5, 5.41) is 7.48. The summed E-state index contributed by atoms with van der Waals surface area (Å²) in [7, 11) is 0. The second-order valence-electron chi connectivity index (χ2n) is 9.59. The van der Waals surface area contributed by atoms with Crippen molar-refractivity contribution in [3.8, 4) is 11.4 Å². The summed E-state index contributed by atoms with van der Waals surface area (Å²) in [5.74, 6) is 0.927. The highest BCUT2D eigenvalue weighted by atomic mass is 16.5. The van der Waals surface area contributed by atoms with Crippen molar-refractivity contribution in [1.82, 2.24) is 20.4 Å². The van der Waals surface area contributed by atoms with Crippen LogP contribution in [0.25, 0.3) is 17.0 Å². The number of benzene rings is 3. The molecule has 0 aliphatic carbocycles. The van der Waals surface area contributed by atoms with Crippen LogP contribution < -0.4 is 5.32 Å². The van der Waals surface area contributed by atoms with Crippen molar-refractivity contribution in [3.05, 3.63) is 112 Å². The predicted octanol–water partition coefficient (Wildman–Crippen LogP) is 6.67. The Kier molecular flexibility index (Phi) is 6.18. The molecule has 0 radical (unpaired) electrons. The predicted molar refractivity (Wildman–Crippen MR) is 141 cm³/mol. The van der Waals surface area contributed by atoms with E-state index in [1.807, 2.05) is 56.3 Å². The van der Waals surface area contributed by atoms with Gasteiger partial charge in [-0.3, -0.25) is 4.90 Å². The molecular weight excluding hydrogens is 448 g/mol. The average molecular weight is 479 g/mol. The molecule has 1 atom stereocenters. The third kappa shape index (κ3) is 4.54. The van der Waals surface area contributed by atoms with E-state index in [-0.39, 0.29) is 6.03 Å². The molecule has 0 fully saturated rings. The van der Waals surface area contributed by atoms with Gasteiger partial charge in [0.1, 0.15) is 0 Å². The van der Waals surface area contributed by atoms with Crippen LogP contribution in [0.4, 0.5) is 4.79 Å². The first kappa shape index (κ1) is 23.5. The van der Waals surface area contributed by atoms with Crippen molar-refractivity contribution in [3.63, 3.8) is 0 Å². The number of rotatable bonds is 5. The minimum absolute atomic E-state index is 0.154. The normalized spacial score (nSPS) is 15.9. The molecule has 1 unspecified atom stereocenters. The van der Waals surface area contributed by atoms with Gasteiger partial charge in [-0.2, -0.15) is 4.98 Å². The lowest BCUT2D eigenvalue weighted by Gasteiger charge is -2.35. The lowest BCUT2D eigenvalue weighted by atomic mass is 9.92. The highest BCUT2D eigenvalue weighted by Gasteiger charge is 2.36. The fourth-order valence-corrected chi connectivity index (χ4v) is 4.55. The zero-order valence-electron chi connectivity index (χ0n) is 21.3. The van der Waals surface area contributed by atoms with Crippen LogP contribution >= 0.6 is 0 Å². The number of nitrogens with one attached hydrogen (secondary N) is 1. The fraction of sp³-hybridized carbons (Fsp3) is 0.233. The second kappa shape index (κ2) is 9.46. The van der Waals surface area contributed by atoms with Crippen molar-refractivity contribution in [2.24, 2.45) is 0 Å². The molecule has 6 nitrogen and oxygen atoms in total. The molecule has 1 N–H and O–H groups in total. The van der Waals surface area contributed by atoms with E-state index in [1.54, 1.807) is 4.90 Å². The molecule has 1 aromatic heterocycles. The fourth-order valence-electron chi connectivity index (χ4n) is 4.55. The summed E-state index contributed by atoms with van der Waals surface area (Å²) >= 11 is 0. The van der Waals surface area contributed by atoms with Crippen molar-refractivity contribution in [2.45, 2.75) is 47.2 Å². The van der Waals surface area contributed by atoms with Crippen molar-refractivity contribution < 1.29 is 9.32 Å². The van der Waals surface area contributed by atoms with Gasteiger partial charge in [0.15, 0.2) is 0 Å². The zero-order chi connectivity index (χ0) is 25.4. The van der Waals surface area contributed by atoms with Gasteiger partial charge in [-0.15, -0.1) is 0 Å². The van der Waals surface area contributed by atoms with Crippen molar-refractivity contribution in [1.29, 1.82) is 0 Å². The molecule has 1 aliphatic rings. The molecule has 36 heavy (non-hydrogen) atoms. The molecular formula is C30H30N4O2. The summed E-state index contributed by atoms with van der Waals surface area (Å²) in [4.78, 5) is 19.9. The molecule has 0 bridgehead atoms. The molecule has 0 spiro atoms. The standard InChI is InChI=1S/C30H30N4O2/c1-18-9-12-23(13-10-18)17-34-22(5)26(27(31-30(34)35)24-14-11-20(3)21(4)16-24)29-32-28(33-36-29)25-8-6-7-19(2)15-25/h6-16,27H,17H2,1-5H3,(H,31,35). The third-order valence-electron chi connectivity index (χ3n) is 6.85. The molecule has 6 heteroatoms. The van der Waals surface area contributed by atoms with Crippen molar-refractivity contribution in [2.75, 3.05) is 0 Å². The summed E-state index contributed by atoms with van der Waals surface area (Å²) in [5.41, 5.74) is 9.17. The monoisotopic (exact) mass is 478 g/mol. The molecule has 2 amide bonds. The lowest BCUT2D eigenvalue weighted by molar-refractivity contribution is 0.203. The molecule has 3 aromatic carbocycles. The van der Waals surface area contributed by atoms with Gasteiger partial charge in [0.05, 0.1) is 18.2 Å². The maximum Gasteiger partial charge on any atom is 0.322 e. The van der Waals surface area contributed by atoms with Gasteiger partial charge >= 0.3 is 6.03 Å². The number of hydrogen-bond donors (Lipinski definition) is 1. The number of hydrogen-bond acceptors (Lipinski definition) is 4. The SMILES string of the molecule is CC1=C(c2nc(-c3cccc(C)c3)no2)C(c2ccc(C)c(C)c2)NC(=O)N1Cc1ccc(C)cc1. The Bertz CT molecular complexity index is 1470. The molecule has 5 rings (SSSR count). The van der Waals surface area contributed by atoms with Gasteiger partial charge in [0.2, 0.25) is 5.82 Å². The Balaban J connectivity index is 1.61. The van der Waals surface area contributed by atoms with Gasteiger partial charge in [0.25, 0.3) is 5.89 Å². The molecule has 2 heterocycles. The first-order valence-electron chi connectivity index (χ1n) is 12.1. The van der Waals surface area contributed by atoms with E-state index in [9.17, 15) is 4.79 Å². The van der Waals surface area contributed by atoms with Crippen LogP contribution in [0.2, 0.25) is 0 Å². The maximum absolute atomic E-state index is 13.4. The van der Waals surface area contributed by atoms with Crippen LogP contribution in [-0.2, 0) is 6.54 Å². The number of carbonyl (C=O) groups excluding carboxylic acids is 1. The largest absolute Gasteiger partial charge is 0.334 e. The quantitative estimate of drug-likeness (QED) is 0.348. The van der Waals surface area contributed by atoms with E-state index >= 15 is 0 Å². The number of aromatic nitrogens is 2. The maximum atomic E-state index is 13.4. The zero-order valence-corrected chi connectivity index (χ0v) is 21.3. The van der Waals surface area contributed by atoms with Crippen LogP contribution in [-0.4, -0.2) is 21.1 Å². The minimum Gasteiger partial charge on any atom is -0.334 e. The second-order valence-corrected chi connectivity index (χ2v) is 9.59. The Morgan fingerprint density at radius 2 is 1.67 bits per heavy atom. The lowest BCUT2D eigenvalue weighted by Crippen LogP contribution is -2.45. The molecule has 0 saturated heterocycles. The number of nitrogens with zero attached hydrogens (tertiary/aromatic N) is 3. The van der Waals surface area contributed by atoms with Crippen LogP contribution in [0.15, 0.2) is 77.0 Å². The number of aryl methyl sites for hydroxylation is 4. The number of carbonyl (C=O) groups is 1. The van der Waals surface area contributed by atoms with Gasteiger partial charge in [-0.05, 0) is 62.9 Å². The topological polar surface area (TPSA) is 71.3 Å². The van der Waals surface area contributed by atoms with Gasteiger partial charge < -0.3 is 9.84 Å². The minimum atomic E-state index is -0.406. The van der Waals surface area contributed by atoms with Crippen molar-refractivity contribution >= 4 is 11.6 Å². The molecule has 0 saturated carbocycles. The highest BCUT2D eigenvalue weighted by Crippen LogP contribution is 2.38. The van der Waals surface area contributed by atoms with E-state index in [4.69, 9.17) is 9.51 Å². The number of amides is 2. The van der Waals surface area contributed by atoms with E-state index < -0.39 is 6.04 Å². The third-order valence-corrected chi connectivity index (χ3v) is 6.85. The van der Waals surface area contributed by atoms with Crippen LogP contribution in [0.1, 0.15) is 52.2 Å². The summed E-state index contributed by atoms with van der Waals surface area (Å²) in [6, 6.07) is 21.9. The van der Waals surface area contributed by atoms with E-state index in [0.29, 0.717) is 18.3 Å². The van der Waals surface area contributed by atoms with Gasteiger partial charge in [0, 0.05) is 11.3 Å². The first-order valence-corrected chi connectivity index (χ1v) is 12.1. The van der Waals surface area contributed by atoms with E-state index in [0.717, 1.165) is 39.1 Å². The van der Waals surface area contributed by atoms with Crippen LogP contribution in [0.3, 0.4) is 0 Å². The summed E-state index contributed by atoms with van der Waals surface area (Å²) < 4.78 is 5.83. The van der Waals surface area contributed by atoms with Crippen LogP contribution in [0, 0.1) is 27.7 Å². The first-order chi connectivity index (χ1) is 17.3. The Morgan fingerprint density at radius 1 is 0.889 bits per heavy atom. The summed E-state index contributed by atoms with van der Waals surface area (Å²) in [6.07, 6.45) is 0.